The molecule has 0 aliphatic carbocycles. The van der Waals surface area contributed by atoms with Gasteiger partial charge in [-0.1, -0.05) is 44.3 Å². The van der Waals surface area contributed by atoms with Gasteiger partial charge in [0.05, 0.1) is 0 Å². The van der Waals surface area contributed by atoms with Crippen LogP contribution in [0.3, 0.4) is 0 Å². The molecule has 18 heavy (non-hydrogen) atoms. The van der Waals surface area contributed by atoms with E-state index in [1.807, 2.05) is 0 Å². The summed E-state index contributed by atoms with van der Waals surface area (Å²) >= 11 is 0. The molecule has 0 fully saturated rings. The van der Waals surface area contributed by atoms with E-state index in [0.717, 1.165) is 32.1 Å². The van der Waals surface area contributed by atoms with Crippen LogP contribution in [0.15, 0.2) is 12.2 Å². The summed E-state index contributed by atoms with van der Waals surface area (Å²) in [4.78, 5) is 10.3. The van der Waals surface area contributed by atoms with Crippen LogP contribution in [0.5, 0.6) is 0 Å². The molecule has 0 heterocycles. The molecule has 0 spiro atoms. The second kappa shape index (κ2) is 14.2. The third-order valence-corrected chi connectivity index (χ3v) is 2.96. The standard InChI is InChI=1S/C15H28O3/c16-14-12-10-8-6-4-2-1-3-5-7-9-11-13-15(17)18/h6,8,16H,1-5,7,9-14H2,(H,17,18). The summed E-state index contributed by atoms with van der Waals surface area (Å²) in [5.41, 5.74) is 0. The number of hydrogen-bond donors (Lipinski definition) is 2. The molecule has 0 rings (SSSR count). The number of aliphatic hydroxyl groups excluding tert-OH is 1. The van der Waals surface area contributed by atoms with E-state index in [2.05, 4.69) is 12.2 Å². The summed E-state index contributed by atoms with van der Waals surface area (Å²) in [6.45, 7) is 0.284. The fraction of sp³-hybridized carbons (Fsp3) is 0.800. The number of unbranched alkanes of at least 4 members (excludes halogenated alkanes) is 8. The van der Waals surface area contributed by atoms with E-state index in [9.17, 15) is 4.79 Å². The third kappa shape index (κ3) is 15.2. The Bertz CT molecular complexity index is 212. The van der Waals surface area contributed by atoms with Gasteiger partial charge in [0.15, 0.2) is 0 Å². The fourth-order valence-corrected chi connectivity index (χ4v) is 1.87. The number of carboxylic acids is 1. The lowest BCUT2D eigenvalue weighted by Crippen LogP contribution is -1.93. The molecular formula is C15H28O3. The monoisotopic (exact) mass is 256 g/mol. The van der Waals surface area contributed by atoms with Crippen molar-refractivity contribution in [2.45, 2.75) is 70.6 Å². The molecular weight excluding hydrogens is 228 g/mol. The Morgan fingerprint density at radius 2 is 1.28 bits per heavy atom. The number of aliphatic hydroxyl groups is 1. The van der Waals surface area contributed by atoms with Crippen molar-refractivity contribution in [1.82, 2.24) is 0 Å². The second-order valence-electron chi connectivity index (χ2n) is 4.74. The van der Waals surface area contributed by atoms with Crippen LogP contribution in [0.2, 0.25) is 0 Å². The summed E-state index contributed by atoms with van der Waals surface area (Å²) in [6, 6.07) is 0. The van der Waals surface area contributed by atoms with E-state index >= 15 is 0 Å². The van der Waals surface area contributed by atoms with Crippen molar-refractivity contribution in [3.8, 4) is 0 Å². The van der Waals surface area contributed by atoms with E-state index < -0.39 is 5.97 Å². The minimum absolute atomic E-state index is 0.284. The maximum absolute atomic E-state index is 10.3. The minimum Gasteiger partial charge on any atom is -0.481 e. The first kappa shape index (κ1) is 17.2. The maximum Gasteiger partial charge on any atom is 0.303 e. The molecule has 0 atom stereocenters. The molecule has 2 N–H and O–H groups in total. The van der Waals surface area contributed by atoms with Crippen LogP contribution < -0.4 is 0 Å². The first-order valence-corrected chi connectivity index (χ1v) is 7.25. The van der Waals surface area contributed by atoms with Crippen LogP contribution >= 0.6 is 0 Å². The molecule has 0 saturated carbocycles. The average Bonchev–Trinajstić information content (AvgIpc) is 2.34. The summed E-state index contributed by atoms with van der Waals surface area (Å²) in [7, 11) is 0. The van der Waals surface area contributed by atoms with E-state index in [1.54, 1.807) is 0 Å². The predicted molar refractivity (Wildman–Crippen MR) is 74.6 cm³/mol. The normalized spacial score (nSPS) is 11.2. The molecule has 106 valence electrons. The van der Waals surface area contributed by atoms with Crippen molar-refractivity contribution in [3.05, 3.63) is 12.2 Å². The van der Waals surface area contributed by atoms with Gasteiger partial charge < -0.3 is 10.2 Å². The molecule has 0 aromatic rings. The van der Waals surface area contributed by atoms with Gasteiger partial charge in [0.1, 0.15) is 0 Å². The number of rotatable bonds is 13. The molecule has 0 saturated heterocycles. The first-order valence-electron chi connectivity index (χ1n) is 7.25. The van der Waals surface area contributed by atoms with Crippen molar-refractivity contribution in [2.75, 3.05) is 6.61 Å². The highest BCUT2D eigenvalue weighted by atomic mass is 16.4. The first-order chi connectivity index (χ1) is 8.77. The van der Waals surface area contributed by atoms with Crippen molar-refractivity contribution in [1.29, 1.82) is 0 Å². The van der Waals surface area contributed by atoms with E-state index in [0.29, 0.717) is 6.42 Å². The smallest absolute Gasteiger partial charge is 0.303 e. The molecule has 0 amide bonds. The van der Waals surface area contributed by atoms with Gasteiger partial charge in [-0.05, 0) is 32.1 Å². The summed E-state index contributed by atoms with van der Waals surface area (Å²) in [5, 5.41) is 17.1. The molecule has 0 radical (unpaired) electrons. The highest BCUT2D eigenvalue weighted by molar-refractivity contribution is 5.66. The molecule has 0 aromatic carbocycles. The highest BCUT2D eigenvalue weighted by Gasteiger charge is 1.96. The van der Waals surface area contributed by atoms with Crippen LogP contribution in [0.25, 0.3) is 0 Å². The van der Waals surface area contributed by atoms with Gasteiger partial charge in [0, 0.05) is 13.0 Å². The van der Waals surface area contributed by atoms with E-state index in [1.165, 1.54) is 32.1 Å². The lowest BCUT2D eigenvalue weighted by Gasteiger charge is -2.00. The Kier molecular flexibility index (Phi) is 13.6. The molecule has 0 unspecified atom stereocenters. The fourth-order valence-electron chi connectivity index (χ4n) is 1.87. The van der Waals surface area contributed by atoms with Crippen LogP contribution in [0, 0.1) is 0 Å². The van der Waals surface area contributed by atoms with Gasteiger partial charge in [-0.25, -0.2) is 0 Å². The molecule has 3 heteroatoms. The van der Waals surface area contributed by atoms with Crippen molar-refractivity contribution in [2.24, 2.45) is 0 Å². The van der Waals surface area contributed by atoms with Gasteiger partial charge in [-0.15, -0.1) is 0 Å². The Morgan fingerprint density at radius 1 is 0.778 bits per heavy atom. The van der Waals surface area contributed by atoms with Gasteiger partial charge in [0.2, 0.25) is 0 Å². The number of aliphatic carboxylic acids is 1. The quantitative estimate of drug-likeness (QED) is 0.388. The molecule has 0 aliphatic rings. The van der Waals surface area contributed by atoms with Crippen LogP contribution in [-0.2, 0) is 4.79 Å². The Labute approximate surface area is 111 Å². The van der Waals surface area contributed by atoms with Crippen LogP contribution in [0.1, 0.15) is 70.6 Å². The minimum atomic E-state index is -0.678. The van der Waals surface area contributed by atoms with Crippen molar-refractivity contribution < 1.29 is 15.0 Å². The van der Waals surface area contributed by atoms with Crippen LogP contribution in [-0.4, -0.2) is 22.8 Å². The number of carboxylic acid groups (broad SMARTS) is 1. The Hall–Kier alpha value is -0.830. The largest absolute Gasteiger partial charge is 0.481 e. The zero-order chi connectivity index (χ0) is 13.5. The number of hydrogen-bond acceptors (Lipinski definition) is 2. The van der Waals surface area contributed by atoms with Crippen molar-refractivity contribution >= 4 is 5.97 Å². The van der Waals surface area contributed by atoms with Crippen LogP contribution in [0.4, 0.5) is 0 Å². The lowest BCUT2D eigenvalue weighted by atomic mass is 10.1. The SMILES string of the molecule is O=C(O)CCCCCCCCCC=CCCCO. The summed E-state index contributed by atoms with van der Waals surface area (Å²) in [5.74, 6) is -0.678. The molecule has 0 aromatic heterocycles. The topological polar surface area (TPSA) is 57.5 Å². The molecule has 3 nitrogen and oxygen atoms in total. The Balaban J connectivity index is 3.03. The van der Waals surface area contributed by atoms with Gasteiger partial charge in [-0.2, -0.15) is 0 Å². The predicted octanol–water partition coefficient (Wildman–Crippen LogP) is 3.91. The van der Waals surface area contributed by atoms with Crippen molar-refractivity contribution in [3.63, 3.8) is 0 Å². The average molecular weight is 256 g/mol. The lowest BCUT2D eigenvalue weighted by molar-refractivity contribution is -0.137. The summed E-state index contributed by atoms with van der Waals surface area (Å²) < 4.78 is 0. The zero-order valence-electron chi connectivity index (χ0n) is 11.4. The zero-order valence-corrected chi connectivity index (χ0v) is 11.4. The summed E-state index contributed by atoms with van der Waals surface area (Å²) in [6.07, 6.45) is 15.7. The molecule has 0 bridgehead atoms. The number of carbonyl (C=O) groups is 1. The van der Waals surface area contributed by atoms with Gasteiger partial charge in [0.25, 0.3) is 0 Å². The highest BCUT2D eigenvalue weighted by Crippen LogP contribution is 2.10. The third-order valence-electron chi connectivity index (χ3n) is 2.96. The maximum atomic E-state index is 10.3. The van der Waals surface area contributed by atoms with Gasteiger partial charge >= 0.3 is 5.97 Å². The number of allylic oxidation sites excluding steroid dienone is 2. The Morgan fingerprint density at radius 3 is 1.83 bits per heavy atom. The van der Waals surface area contributed by atoms with E-state index in [-0.39, 0.29) is 6.61 Å². The second-order valence-corrected chi connectivity index (χ2v) is 4.74. The van der Waals surface area contributed by atoms with E-state index in [4.69, 9.17) is 10.2 Å². The van der Waals surface area contributed by atoms with Gasteiger partial charge in [-0.3, -0.25) is 4.79 Å². The molecule has 0 aliphatic heterocycles.